The van der Waals surface area contributed by atoms with Crippen LogP contribution in [0.15, 0.2) is 18.2 Å². The molecule has 0 amide bonds. The molecule has 0 unspecified atom stereocenters. The number of hydrogen-bond donors (Lipinski definition) is 1. The summed E-state index contributed by atoms with van der Waals surface area (Å²) in [4.78, 5) is 0.272. The van der Waals surface area contributed by atoms with Crippen LogP contribution in [0.1, 0.15) is 5.56 Å². The van der Waals surface area contributed by atoms with E-state index in [2.05, 4.69) is 0 Å². The zero-order chi connectivity index (χ0) is 10.6. The third kappa shape index (κ3) is 2.83. The van der Waals surface area contributed by atoms with E-state index in [0.29, 0.717) is 16.3 Å². The minimum Gasteiger partial charge on any atom is -0.468 e. The van der Waals surface area contributed by atoms with Crippen molar-refractivity contribution in [1.29, 1.82) is 0 Å². The third-order valence-electron chi connectivity index (χ3n) is 1.55. The molecule has 0 aliphatic heterocycles. The Balaban J connectivity index is 2.83. The number of halogens is 1. The van der Waals surface area contributed by atoms with E-state index in [0.717, 1.165) is 0 Å². The first-order valence-electron chi connectivity index (χ1n) is 3.86. The van der Waals surface area contributed by atoms with Gasteiger partial charge >= 0.3 is 0 Å². The number of hydrogen-bond acceptors (Lipinski definition) is 3. The van der Waals surface area contributed by atoms with Gasteiger partial charge in [-0.15, -0.1) is 0 Å². The highest BCUT2D eigenvalue weighted by Gasteiger charge is 2.04. The Kier molecular flexibility index (Phi) is 4.13. The second kappa shape index (κ2) is 5.14. The quantitative estimate of drug-likeness (QED) is 0.636. The molecule has 0 radical (unpaired) electrons. The Labute approximate surface area is 92.8 Å². The summed E-state index contributed by atoms with van der Waals surface area (Å²) in [5.41, 5.74) is 6.09. The molecule has 0 saturated heterocycles. The number of benzene rings is 1. The van der Waals surface area contributed by atoms with E-state index >= 15 is 0 Å². The van der Waals surface area contributed by atoms with Gasteiger partial charge in [0, 0.05) is 12.7 Å². The van der Waals surface area contributed by atoms with Crippen molar-refractivity contribution in [1.82, 2.24) is 0 Å². The van der Waals surface area contributed by atoms with Crippen LogP contribution in [0.4, 0.5) is 0 Å². The lowest BCUT2D eigenvalue weighted by Crippen LogP contribution is -2.10. The van der Waals surface area contributed by atoms with Crippen molar-refractivity contribution in [2.24, 2.45) is 5.73 Å². The molecule has 0 atom stereocenters. The zero-order valence-corrected chi connectivity index (χ0v) is 9.19. The first-order valence-corrected chi connectivity index (χ1v) is 4.65. The lowest BCUT2D eigenvalue weighted by Gasteiger charge is -2.07. The van der Waals surface area contributed by atoms with Crippen LogP contribution in [0.2, 0.25) is 5.02 Å². The molecule has 2 N–H and O–H groups in total. The van der Waals surface area contributed by atoms with Crippen LogP contribution in [0, 0.1) is 0 Å². The van der Waals surface area contributed by atoms with Crippen LogP contribution >= 0.6 is 23.8 Å². The van der Waals surface area contributed by atoms with Gasteiger partial charge in [0.15, 0.2) is 6.79 Å². The van der Waals surface area contributed by atoms with Gasteiger partial charge in [-0.2, -0.15) is 0 Å². The molecule has 0 saturated carbocycles. The van der Waals surface area contributed by atoms with E-state index in [1.54, 1.807) is 25.3 Å². The predicted molar refractivity (Wildman–Crippen MR) is 59.8 cm³/mol. The summed E-state index contributed by atoms with van der Waals surface area (Å²) in [5, 5.41) is 0.478. The van der Waals surface area contributed by atoms with Crippen molar-refractivity contribution in [2.45, 2.75) is 0 Å². The normalized spacial score (nSPS) is 9.86. The summed E-state index contributed by atoms with van der Waals surface area (Å²) >= 11 is 10.7. The molecule has 0 aliphatic rings. The van der Waals surface area contributed by atoms with Crippen LogP contribution in [-0.4, -0.2) is 18.9 Å². The molecule has 0 heterocycles. The van der Waals surface area contributed by atoms with Crippen LogP contribution < -0.4 is 10.5 Å². The predicted octanol–water partition coefficient (Wildman–Crippen LogP) is 1.96. The summed E-state index contributed by atoms with van der Waals surface area (Å²) in [5.74, 6) is 0.622. The zero-order valence-electron chi connectivity index (χ0n) is 7.62. The number of nitrogens with two attached hydrogens (primary N) is 1. The highest BCUT2D eigenvalue weighted by Crippen LogP contribution is 2.22. The van der Waals surface area contributed by atoms with E-state index in [4.69, 9.17) is 39.0 Å². The third-order valence-corrected chi connectivity index (χ3v) is 2.08. The van der Waals surface area contributed by atoms with Gasteiger partial charge in [0.25, 0.3) is 0 Å². The van der Waals surface area contributed by atoms with Crippen LogP contribution in [0.3, 0.4) is 0 Å². The summed E-state index contributed by atoms with van der Waals surface area (Å²) in [7, 11) is 1.55. The second-order valence-corrected chi connectivity index (χ2v) is 3.40. The van der Waals surface area contributed by atoms with E-state index in [1.807, 2.05) is 0 Å². The molecule has 0 bridgehead atoms. The van der Waals surface area contributed by atoms with Crippen LogP contribution in [0.25, 0.3) is 0 Å². The number of thiocarbonyl (C=S) groups is 1. The molecule has 1 aromatic carbocycles. The maximum Gasteiger partial charge on any atom is 0.188 e. The van der Waals surface area contributed by atoms with E-state index in [1.165, 1.54) is 0 Å². The van der Waals surface area contributed by atoms with E-state index in [-0.39, 0.29) is 11.8 Å². The average Bonchev–Trinajstić information content (AvgIpc) is 2.14. The van der Waals surface area contributed by atoms with Gasteiger partial charge in [-0.3, -0.25) is 0 Å². The van der Waals surface area contributed by atoms with Crippen molar-refractivity contribution >= 4 is 28.8 Å². The van der Waals surface area contributed by atoms with E-state index < -0.39 is 0 Å². The molecule has 1 aromatic rings. The average molecular weight is 232 g/mol. The lowest BCUT2D eigenvalue weighted by atomic mass is 10.2. The molecule has 76 valence electrons. The maximum atomic E-state index is 5.91. The fraction of sp³-hybridized carbons (Fsp3) is 0.222. The minimum absolute atomic E-state index is 0.183. The fourth-order valence-electron chi connectivity index (χ4n) is 0.912. The maximum absolute atomic E-state index is 5.91. The Morgan fingerprint density at radius 3 is 2.79 bits per heavy atom. The van der Waals surface area contributed by atoms with Gasteiger partial charge < -0.3 is 15.2 Å². The molecule has 0 fully saturated rings. The first-order chi connectivity index (χ1) is 6.65. The molecule has 0 spiro atoms. The standard InChI is InChI=1S/C9H10ClNO2S/c1-12-5-13-6-2-3-7(9(11)14)8(10)4-6/h2-4H,5H2,1H3,(H2,11,14). The Morgan fingerprint density at radius 2 is 2.29 bits per heavy atom. The largest absolute Gasteiger partial charge is 0.468 e. The number of ether oxygens (including phenoxy) is 2. The molecule has 3 nitrogen and oxygen atoms in total. The topological polar surface area (TPSA) is 44.5 Å². The van der Waals surface area contributed by atoms with Gasteiger partial charge in [0.05, 0.1) is 5.02 Å². The molecule has 0 aromatic heterocycles. The molecule has 1 rings (SSSR count). The molecule has 0 aliphatic carbocycles. The summed E-state index contributed by atoms with van der Waals surface area (Å²) < 4.78 is 9.93. The highest BCUT2D eigenvalue weighted by atomic mass is 35.5. The monoisotopic (exact) mass is 231 g/mol. The molecular weight excluding hydrogens is 222 g/mol. The van der Waals surface area contributed by atoms with Crippen molar-refractivity contribution < 1.29 is 9.47 Å². The van der Waals surface area contributed by atoms with Gasteiger partial charge in [-0.1, -0.05) is 23.8 Å². The second-order valence-electron chi connectivity index (χ2n) is 2.56. The van der Waals surface area contributed by atoms with Crippen LogP contribution in [-0.2, 0) is 4.74 Å². The SMILES string of the molecule is COCOc1ccc(C(N)=S)c(Cl)c1. The van der Waals surface area contributed by atoms with Crippen molar-refractivity contribution in [3.8, 4) is 5.75 Å². The minimum atomic E-state index is 0.183. The lowest BCUT2D eigenvalue weighted by molar-refractivity contribution is 0.0511. The van der Waals surface area contributed by atoms with Gasteiger partial charge in [-0.05, 0) is 18.2 Å². The van der Waals surface area contributed by atoms with E-state index in [9.17, 15) is 0 Å². The summed E-state index contributed by atoms with van der Waals surface area (Å²) in [6.45, 7) is 0.183. The Morgan fingerprint density at radius 1 is 1.57 bits per heavy atom. The number of methoxy groups -OCH3 is 1. The first kappa shape index (κ1) is 11.2. The highest BCUT2D eigenvalue weighted by molar-refractivity contribution is 7.80. The Hall–Kier alpha value is -0.840. The smallest absolute Gasteiger partial charge is 0.188 e. The van der Waals surface area contributed by atoms with Gasteiger partial charge in [0.2, 0.25) is 0 Å². The molecular formula is C9H10ClNO2S. The van der Waals surface area contributed by atoms with Crippen molar-refractivity contribution in [3.63, 3.8) is 0 Å². The molecule has 14 heavy (non-hydrogen) atoms. The number of rotatable bonds is 4. The van der Waals surface area contributed by atoms with Crippen molar-refractivity contribution in [3.05, 3.63) is 28.8 Å². The van der Waals surface area contributed by atoms with Gasteiger partial charge in [0.1, 0.15) is 10.7 Å². The fourth-order valence-corrected chi connectivity index (χ4v) is 1.42. The Bertz CT molecular complexity index is 344. The van der Waals surface area contributed by atoms with Gasteiger partial charge in [-0.25, -0.2) is 0 Å². The van der Waals surface area contributed by atoms with Crippen molar-refractivity contribution in [2.75, 3.05) is 13.9 Å². The van der Waals surface area contributed by atoms with Crippen LogP contribution in [0.5, 0.6) is 5.75 Å². The molecule has 5 heteroatoms. The summed E-state index contributed by atoms with van der Waals surface area (Å²) in [6.07, 6.45) is 0. The summed E-state index contributed by atoms with van der Waals surface area (Å²) in [6, 6.07) is 5.10.